The minimum absolute atomic E-state index is 0.395. The Morgan fingerprint density at radius 1 is 0.304 bits per heavy atom. The lowest BCUT2D eigenvalue weighted by Crippen LogP contribution is -2.25. The largest absolute Gasteiger partial charge is 0.310 e. The van der Waals surface area contributed by atoms with Crippen molar-refractivity contribution in [2.45, 2.75) is 12.3 Å². The average molecular weight is 878 g/mol. The zero-order chi connectivity index (χ0) is 45.9. The van der Waals surface area contributed by atoms with Crippen molar-refractivity contribution < 1.29 is 0 Å². The van der Waals surface area contributed by atoms with Crippen LogP contribution in [0.15, 0.2) is 267 Å². The third-order valence-electron chi connectivity index (χ3n) is 14.7. The van der Waals surface area contributed by atoms with E-state index in [2.05, 4.69) is 279 Å². The van der Waals surface area contributed by atoms with Gasteiger partial charge in [0.05, 0.1) is 5.69 Å². The predicted molar refractivity (Wildman–Crippen MR) is 293 cm³/mol. The summed E-state index contributed by atoms with van der Waals surface area (Å²) in [5.74, 6) is 0. The third kappa shape index (κ3) is 6.69. The Hall–Kier alpha value is -8.78. The molecule has 0 amide bonds. The highest BCUT2D eigenvalue weighted by atomic mass is 15.1. The second-order valence-electron chi connectivity index (χ2n) is 18.5. The Labute approximate surface area is 403 Å². The summed E-state index contributed by atoms with van der Waals surface area (Å²) in [4.78, 5) is 2.49. The van der Waals surface area contributed by atoms with Crippen molar-refractivity contribution in [1.82, 2.24) is 0 Å². The Morgan fingerprint density at radius 2 is 0.797 bits per heavy atom. The van der Waals surface area contributed by atoms with Crippen LogP contribution in [0.3, 0.4) is 0 Å². The second-order valence-corrected chi connectivity index (χ2v) is 18.5. The molecule has 69 heavy (non-hydrogen) atoms. The molecule has 12 aromatic rings. The van der Waals surface area contributed by atoms with Crippen LogP contribution >= 0.6 is 0 Å². The molecule has 0 aromatic heterocycles. The molecule has 0 saturated carbocycles. The fraction of sp³-hybridized carbons (Fsp3) is 0.0294. The lowest BCUT2D eigenvalue weighted by atomic mass is 9.73. The van der Waals surface area contributed by atoms with E-state index < -0.39 is 5.41 Å². The van der Waals surface area contributed by atoms with E-state index in [-0.39, 0.29) is 0 Å². The summed E-state index contributed by atoms with van der Waals surface area (Å²) in [6.45, 7) is 2.42. The van der Waals surface area contributed by atoms with Gasteiger partial charge in [-0.15, -0.1) is 0 Å². The topological polar surface area (TPSA) is 3.24 Å². The SMILES string of the molecule is CC1(c2ccccc2)c2ccccc2-c2cccc(N(c3ccc(-c4ccc5c(c4)c(-c4ccccc4)c(-c4ccccc4)c4ccccc45)cc3)c3ccc4cc(-c5ccccc5)ccc4c3)c21. The Morgan fingerprint density at radius 3 is 1.52 bits per heavy atom. The fourth-order valence-electron chi connectivity index (χ4n) is 11.4. The average Bonchev–Trinajstić information content (AvgIpc) is 3.70. The summed E-state index contributed by atoms with van der Waals surface area (Å²) in [5, 5.41) is 7.43. The minimum atomic E-state index is -0.395. The number of hydrogen-bond donors (Lipinski definition) is 0. The van der Waals surface area contributed by atoms with Gasteiger partial charge < -0.3 is 4.90 Å². The maximum absolute atomic E-state index is 2.49. The predicted octanol–water partition coefficient (Wildman–Crippen LogP) is 18.6. The van der Waals surface area contributed by atoms with E-state index in [1.807, 2.05) is 0 Å². The van der Waals surface area contributed by atoms with E-state index in [4.69, 9.17) is 0 Å². The Balaban J connectivity index is 0.998. The van der Waals surface area contributed by atoms with E-state index in [1.165, 1.54) is 110 Å². The second kappa shape index (κ2) is 16.5. The first-order valence-corrected chi connectivity index (χ1v) is 24.0. The first kappa shape index (κ1) is 40.5. The van der Waals surface area contributed by atoms with Crippen molar-refractivity contribution in [3.63, 3.8) is 0 Å². The maximum Gasteiger partial charge on any atom is 0.0512 e. The van der Waals surface area contributed by atoms with Crippen LogP contribution in [0.1, 0.15) is 23.6 Å². The number of rotatable bonds is 8. The number of hydrogen-bond acceptors (Lipinski definition) is 1. The molecule has 0 spiro atoms. The maximum atomic E-state index is 2.49. The van der Waals surface area contributed by atoms with Gasteiger partial charge in [0, 0.05) is 16.8 Å². The molecule has 1 heteroatoms. The zero-order valence-electron chi connectivity index (χ0n) is 38.4. The van der Waals surface area contributed by atoms with Crippen LogP contribution < -0.4 is 4.90 Å². The van der Waals surface area contributed by atoms with Crippen LogP contribution in [0, 0.1) is 0 Å². The molecule has 1 aliphatic carbocycles. The van der Waals surface area contributed by atoms with Crippen LogP contribution in [0.2, 0.25) is 0 Å². The third-order valence-corrected chi connectivity index (χ3v) is 14.7. The van der Waals surface area contributed by atoms with Gasteiger partial charge in [-0.1, -0.05) is 224 Å². The fourth-order valence-corrected chi connectivity index (χ4v) is 11.4. The molecular weight excluding hydrogens is 831 g/mol. The molecule has 0 saturated heterocycles. The number of anilines is 3. The lowest BCUT2D eigenvalue weighted by molar-refractivity contribution is 0.714. The zero-order valence-corrected chi connectivity index (χ0v) is 38.4. The molecule has 324 valence electrons. The summed E-state index contributed by atoms with van der Waals surface area (Å²) in [5.41, 5.74) is 19.2. The van der Waals surface area contributed by atoms with Crippen LogP contribution in [-0.4, -0.2) is 0 Å². The lowest BCUT2D eigenvalue weighted by Gasteiger charge is -2.35. The molecule has 1 aliphatic rings. The highest BCUT2D eigenvalue weighted by Crippen LogP contribution is 2.57. The summed E-state index contributed by atoms with van der Waals surface area (Å²) in [6.07, 6.45) is 0. The molecule has 12 aromatic carbocycles. The van der Waals surface area contributed by atoms with Gasteiger partial charge in [-0.05, 0) is 154 Å². The summed E-state index contributed by atoms with van der Waals surface area (Å²) in [6, 6.07) is 98.4. The van der Waals surface area contributed by atoms with Crippen LogP contribution in [0.4, 0.5) is 17.1 Å². The summed E-state index contributed by atoms with van der Waals surface area (Å²) >= 11 is 0. The van der Waals surface area contributed by atoms with Gasteiger partial charge in [0.25, 0.3) is 0 Å². The Bertz CT molecular complexity index is 3880. The van der Waals surface area contributed by atoms with Gasteiger partial charge in [-0.25, -0.2) is 0 Å². The summed E-state index contributed by atoms with van der Waals surface area (Å²) < 4.78 is 0. The molecule has 1 atom stereocenters. The van der Waals surface area contributed by atoms with E-state index >= 15 is 0 Å². The van der Waals surface area contributed by atoms with Crippen molar-refractivity contribution >= 4 is 49.4 Å². The number of benzene rings is 12. The molecular formula is C68H47N. The van der Waals surface area contributed by atoms with Gasteiger partial charge >= 0.3 is 0 Å². The molecule has 0 radical (unpaired) electrons. The molecule has 0 heterocycles. The normalized spacial score (nSPS) is 13.9. The van der Waals surface area contributed by atoms with Crippen molar-refractivity contribution in [2.75, 3.05) is 4.90 Å². The van der Waals surface area contributed by atoms with Crippen molar-refractivity contribution in [2.24, 2.45) is 0 Å². The van der Waals surface area contributed by atoms with Crippen LogP contribution in [-0.2, 0) is 5.41 Å². The van der Waals surface area contributed by atoms with Gasteiger partial charge in [0.2, 0.25) is 0 Å². The van der Waals surface area contributed by atoms with Crippen LogP contribution in [0.5, 0.6) is 0 Å². The molecule has 0 bridgehead atoms. The van der Waals surface area contributed by atoms with Crippen LogP contribution in [0.25, 0.3) is 88.0 Å². The highest BCUT2D eigenvalue weighted by Gasteiger charge is 2.43. The Kier molecular flexibility index (Phi) is 9.70. The number of nitrogens with zero attached hydrogens (tertiary/aromatic N) is 1. The first-order chi connectivity index (χ1) is 34.1. The standard InChI is InChI=1S/C68H47N/c1-68(54-25-12-5-13-26-54)63-31-17-16-28-59(63)61-30-18-32-64(67(61)68)69(56-41-37-51-43-50(33-34-52(51)44-56)46-19-6-2-7-20-46)55-39-35-47(36-40-55)53-38-42-58-57-27-14-15-29-60(57)65(48-21-8-3-9-22-48)66(62(58)45-53)49-23-10-4-11-24-49/h2-45H,1H3. The van der Waals surface area contributed by atoms with Gasteiger partial charge in [0.15, 0.2) is 0 Å². The minimum Gasteiger partial charge on any atom is -0.310 e. The van der Waals surface area contributed by atoms with E-state index in [0.29, 0.717) is 0 Å². The quantitative estimate of drug-likeness (QED) is 0.138. The highest BCUT2D eigenvalue weighted by molar-refractivity contribution is 6.22. The van der Waals surface area contributed by atoms with Crippen molar-refractivity contribution in [3.8, 4) is 55.6 Å². The smallest absolute Gasteiger partial charge is 0.0512 e. The van der Waals surface area contributed by atoms with E-state index in [9.17, 15) is 0 Å². The van der Waals surface area contributed by atoms with Gasteiger partial charge in [-0.3, -0.25) is 0 Å². The number of fused-ring (bicyclic) bond motifs is 7. The molecule has 0 aliphatic heterocycles. The van der Waals surface area contributed by atoms with Crippen molar-refractivity contribution in [3.05, 3.63) is 284 Å². The van der Waals surface area contributed by atoms with Gasteiger partial charge in [-0.2, -0.15) is 0 Å². The molecule has 13 rings (SSSR count). The molecule has 0 N–H and O–H groups in total. The molecule has 1 nitrogen and oxygen atoms in total. The molecule has 0 fully saturated rings. The van der Waals surface area contributed by atoms with E-state index in [0.717, 1.165) is 11.4 Å². The summed E-state index contributed by atoms with van der Waals surface area (Å²) in [7, 11) is 0. The van der Waals surface area contributed by atoms with Crippen molar-refractivity contribution in [1.29, 1.82) is 0 Å². The first-order valence-electron chi connectivity index (χ1n) is 24.0. The monoisotopic (exact) mass is 877 g/mol. The molecule has 1 unspecified atom stereocenters. The van der Waals surface area contributed by atoms with E-state index in [1.54, 1.807) is 0 Å². The van der Waals surface area contributed by atoms with Gasteiger partial charge in [0.1, 0.15) is 0 Å².